The van der Waals surface area contributed by atoms with Crippen molar-refractivity contribution < 1.29 is 0 Å². The van der Waals surface area contributed by atoms with Gasteiger partial charge in [-0.25, -0.2) is 0 Å². The highest BCUT2D eigenvalue weighted by Gasteiger charge is 2.29. The fourth-order valence-corrected chi connectivity index (χ4v) is 2.78. The van der Waals surface area contributed by atoms with E-state index in [4.69, 9.17) is 5.73 Å². The Morgan fingerprint density at radius 3 is 2.06 bits per heavy atom. The van der Waals surface area contributed by atoms with Gasteiger partial charge in [0, 0.05) is 5.54 Å². The zero-order valence-electron chi connectivity index (χ0n) is 12.0. The quantitative estimate of drug-likeness (QED) is 0.811. The number of benzene rings is 1. The first-order valence-corrected chi connectivity index (χ1v) is 6.63. The summed E-state index contributed by atoms with van der Waals surface area (Å²) in [4.78, 5) is 0. The lowest BCUT2D eigenvalue weighted by Gasteiger charge is -2.35. The zero-order valence-corrected chi connectivity index (χ0v) is 12.0. The Morgan fingerprint density at radius 1 is 1.06 bits per heavy atom. The molecule has 0 aromatic heterocycles. The molecule has 0 saturated heterocycles. The molecule has 96 valence electrons. The second-order valence-corrected chi connectivity index (χ2v) is 6.33. The van der Waals surface area contributed by atoms with Gasteiger partial charge >= 0.3 is 0 Å². The lowest BCUT2D eigenvalue weighted by atomic mass is 9.73. The van der Waals surface area contributed by atoms with Gasteiger partial charge in [0.2, 0.25) is 0 Å². The molecule has 1 atom stereocenters. The van der Waals surface area contributed by atoms with Crippen LogP contribution < -0.4 is 5.73 Å². The van der Waals surface area contributed by atoms with E-state index in [0.29, 0.717) is 0 Å². The van der Waals surface area contributed by atoms with Crippen molar-refractivity contribution >= 4 is 0 Å². The summed E-state index contributed by atoms with van der Waals surface area (Å²) < 4.78 is 0. The highest BCUT2D eigenvalue weighted by molar-refractivity contribution is 5.28. The van der Waals surface area contributed by atoms with E-state index in [1.807, 2.05) is 0 Å². The Hall–Kier alpha value is -0.820. The predicted molar refractivity (Wildman–Crippen MR) is 76.3 cm³/mol. The van der Waals surface area contributed by atoms with E-state index in [-0.39, 0.29) is 11.0 Å². The standard InChI is InChI=1S/C16H27N/c1-6-11-16(5,17)12-15(3,4)14-9-7-13(2)8-10-14/h7-10H,6,11-12,17H2,1-5H3/t16-/m0/s1. The summed E-state index contributed by atoms with van der Waals surface area (Å²) in [6.07, 6.45) is 3.26. The van der Waals surface area contributed by atoms with E-state index >= 15 is 0 Å². The topological polar surface area (TPSA) is 26.0 Å². The molecule has 0 aliphatic heterocycles. The van der Waals surface area contributed by atoms with Gasteiger partial charge in [-0.2, -0.15) is 0 Å². The molecule has 0 radical (unpaired) electrons. The summed E-state index contributed by atoms with van der Waals surface area (Å²) in [5.74, 6) is 0. The first-order valence-electron chi connectivity index (χ1n) is 6.63. The van der Waals surface area contributed by atoms with Gasteiger partial charge in [0.1, 0.15) is 0 Å². The third-order valence-electron chi connectivity index (χ3n) is 3.50. The first kappa shape index (κ1) is 14.2. The Labute approximate surface area is 106 Å². The normalized spacial score (nSPS) is 15.6. The zero-order chi connectivity index (χ0) is 13.1. The highest BCUT2D eigenvalue weighted by Crippen LogP contribution is 2.33. The Kier molecular flexibility index (Phi) is 4.37. The number of hydrogen-bond donors (Lipinski definition) is 1. The molecule has 1 aromatic carbocycles. The summed E-state index contributed by atoms with van der Waals surface area (Å²) in [5, 5.41) is 0. The summed E-state index contributed by atoms with van der Waals surface area (Å²) in [6, 6.07) is 8.84. The third kappa shape index (κ3) is 4.16. The molecule has 17 heavy (non-hydrogen) atoms. The number of hydrogen-bond acceptors (Lipinski definition) is 1. The minimum Gasteiger partial charge on any atom is -0.325 e. The molecule has 0 unspecified atom stereocenters. The van der Waals surface area contributed by atoms with Gasteiger partial charge in [0.25, 0.3) is 0 Å². The van der Waals surface area contributed by atoms with Crippen LogP contribution in [0.2, 0.25) is 0 Å². The van der Waals surface area contributed by atoms with Crippen molar-refractivity contribution in [3.8, 4) is 0 Å². The van der Waals surface area contributed by atoms with Crippen LogP contribution in [0.1, 0.15) is 58.1 Å². The molecular formula is C16H27N. The molecule has 2 N–H and O–H groups in total. The molecule has 1 aromatic rings. The van der Waals surface area contributed by atoms with Gasteiger partial charge in [-0.05, 0) is 37.7 Å². The SMILES string of the molecule is CCC[C@](C)(N)CC(C)(C)c1ccc(C)cc1. The molecule has 0 fully saturated rings. The highest BCUT2D eigenvalue weighted by atomic mass is 14.7. The largest absolute Gasteiger partial charge is 0.325 e. The second-order valence-electron chi connectivity index (χ2n) is 6.33. The maximum absolute atomic E-state index is 6.38. The van der Waals surface area contributed by atoms with Gasteiger partial charge in [-0.15, -0.1) is 0 Å². The van der Waals surface area contributed by atoms with Crippen molar-refractivity contribution in [3.05, 3.63) is 35.4 Å². The van der Waals surface area contributed by atoms with Gasteiger partial charge in [-0.3, -0.25) is 0 Å². The molecule has 0 aliphatic carbocycles. The molecule has 1 nitrogen and oxygen atoms in total. The maximum atomic E-state index is 6.38. The molecule has 0 bridgehead atoms. The van der Waals surface area contributed by atoms with Crippen LogP contribution in [-0.2, 0) is 5.41 Å². The summed E-state index contributed by atoms with van der Waals surface area (Å²) >= 11 is 0. The van der Waals surface area contributed by atoms with Crippen LogP contribution in [0.25, 0.3) is 0 Å². The minimum absolute atomic E-state index is 0.0663. The summed E-state index contributed by atoms with van der Waals surface area (Å²) in [7, 11) is 0. The molecule has 0 aliphatic rings. The van der Waals surface area contributed by atoms with Crippen LogP contribution in [0.15, 0.2) is 24.3 Å². The van der Waals surface area contributed by atoms with E-state index in [1.54, 1.807) is 0 Å². The van der Waals surface area contributed by atoms with E-state index in [1.165, 1.54) is 11.1 Å². The molecule has 0 amide bonds. The monoisotopic (exact) mass is 233 g/mol. The van der Waals surface area contributed by atoms with E-state index in [2.05, 4.69) is 58.9 Å². The van der Waals surface area contributed by atoms with E-state index < -0.39 is 0 Å². The van der Waals surface area contributed by atoms with Gasteiger partial charge in [0.05, 0.1) is 0 Å². The van der Waals surface area contributed by atoms with Crippen molar-refractivity contribution in [2.45, 2.75) is 64.8 Å². The molecule has 0 heterocycles. The van der Waals surface area contributed by atoms with Crippen LogP contribution in [-0.4, -0.2) is 5.54 Å². The molecule has 0 spiro atoms. The molecule has 1 rings (SSSR count). The summed E-state index contributed by atoms with van der Waals surface area (Å²) in [5.41, 5.74) is 9.16. The maximum Gasteiger partial charge on any atom is 0.0134 e. The lowest BCUT2D eigenvalue weighted by Crippen LogP contribution is -2.42. The number of nitrogens with two attached hydrogens (primary N) is 1. The fraction of sp³-hybridized carbons (Fsp3) is 0.625. The lowest BCUT2D eigenvalue weighted by molar-refractivity contribution is 0.308. The smallest absolute Gasteiger partial charge is 0.0134 e. The number of aryl methyl sites for hydroxylation is 1. The van der Waals surface area contributed by atoms with Gasteiger partial charge in [-0.1, -0.05) is 57.0 Å². The van der Waals surface area contributed by atoms with Gasteiger partial charge in [0.15, 0.2) is 0 Å². The molecule has 0 saturated carbocycles. The average molecular weight is 233 g/mol. The Balaban J connectivity index is 2.84. The molecular weight excluding hydrogens is 206 g/mol. The van der Waals surface area contributed by atoms with Crippen LogP contribution in [0.3, 0.4) is 0 Å². The van der Waals surface area contributed by atoms with Crippen LogP contribution in [0, 0.1) is 6.92 Å². The Bertz CT molecular complexity index is 346. The van der Waals surface area contributed by atoms with Crippen molar-refractivity contribution in [2.75, 3.05) is 0 Å². The predicted octanol–water partition coefficient (Wildman–Crippen LogP) is 4.18. The summed E-state index contributed by atoms with van der Waals surface area (Å²) in [6.45, 7) is 11.1. The van der Waals surface area contributed by atoms with E-state index in [0.717, 1.165) is 19.3 Å². The van der Waals surface area contributed by atoms with Crippen LogP contribution in [0.5, 0.6) is 0 Å². The Morgan fingerprint density at radius 2 is 1.59 bits per heavy atom. The number of rotatable bonds is 5. The van der Waals surface area contributed by atoms with E-state index in [9.17, 15) is 0 Å². The average Bonchev–Trinajstić information content (AvgIpc) is 2.16. The van der Waals surface area contributed by atoms with Crippen LogP contribution >= 0.6 is 0 Å². The fourth-order valence-electron chi connectivity index (χ4n) is 2.78. The van der Waals surface area contributed by atoms with Crippen molar-refractivity contribution in [1.82, 2.24) is 0 Å². The van der Waals surface area contributed by atoms with Gasteiger partial charge < -0.3 is 5.73 Å². The third-order valence-corrected chi connectivity index (χ3v) is 3.50. The minimum atomic E-state index is -0.0663. The second kappa shape index (κ2) is 5.22. The first-order chi connectivity index (χ1) is 7.77. The van der Waals surface area contributed by atoms with Crippen molar-refractivity contribution in [2.24, 2.45) is 5.73 Å². The molecule has 1 heteroatoms. The van der Waals surface area contributed by atoms with Crippen molar-refractivity contribution in [3.63, 3.8) is 0 Å². The van der Waals surface area contributed by atoms with Crippen LogP contribution in [0.4, 0.5) is 0 Å². The van der Waals surface area contributed by atoms with Crippen molar-refractivity contribution in [1.29, 1.82) is 0 Å².